The molecule has 1 aliphatic heterocycles. The van der Waals surface area contributed by atoms with Gasteiger partial charge in [0.1, 0.15) is 11.6 Å². The lowest BCUT2D eigenvalue weighted by molar-refractivity contribution is -0.131. The summed E-state index contributed by atoms with van der Waals surface area (Å²) in [5.41, 5.74) is 2.50. The van der Waals surface area contributed by atoms with Gasteiger partial charge < -0.3 is 14.5 Å². The van der Waals surface area contributed by atoms with Crippen molar-refractivity contribution >= 4 is 5.91 Å². The molecule has 1 aromatic carbocycles. The highest BCUT2D eigenvalue weighted by Crippen LogP contribution is 2.33. The molecule has 1 N–H and O–H groups in total. The zero-order chi connectivity index (χ0) is 18.0. The van der Waals surface area contributed by atoms with Gasteiger partial charge in [0, 0.05) is 18.5 Å². The summed E-state index contributed by atoms with van der Waals surface area (Å²) in [5, 5.41) is 14.1. The predicted molar refractivity (Wildman–Crippen MR) is 90.4 cm³/mol. The smallest absolute Gasteiger partial charge is 0.227 e. The molecule has 1 aliphatic rings. The molecule has 0 radical (unpaired) electrons. The van der Waals surface area contributed by atoms with Crippen LogP contribution in [0.4, 0.5) is 4.39 Å². The third-order valence-corrected chi connectivity index (χ3v) is 4.79. The van der Waals surface area contributed by atoms with Crippen molar-refractivity contribution in [1.29, 1.82) is 0 Å². The topological polar surface area (TPSA) is 66.6 Å². The van der Waals surface area contributed by atoms with E-state index >= 15 is 0 Å². The van der Waals surface area contributed by atoms with E-state index in [-0.39, 0.29) is 30.7 Å². The number of halogens is 1. The minimum absolute atomic E-state index is 0.0709. The summed E-state index contributed by atoms with van der Waals surface area (Å²) in [6.45, 7) is 4.23. The van der Waals surface area contributed by atoms with Crippen LogP contribution in [0.3, 0.4) is 0 Å². The minimum atomic E-state index is -0.572. The molecule has 0 bridgehead atoms. The molecule has 0 unspecified atom stereocenters. The molecule has 3 rings (SSSR count). The molecule has 1 fully saturated rings. The molecule has 5 nitrogen and oxygen atoms in total. The Labute approximate surface area is 146 Å². The van der Waals surface area contributed by atoms with Gasteiger partial charge in [0.05, 0.1) is 24.3 Å². The van der Waals surface area contributed by atoms with Gasteiger partial charge in [0.15, 0.2) is 0 Å². The van der Waals surface area contributed by atoms with Crippen LogP contribution in [0.25, 0.3) is 0 Å². The first kappa shape index (κ1) is 17.6. The fourth-order valence-corrected chi connectivity index (χ4v) is 3.48. The Morgan fingerprint density at radius 2 is 2.04 bits per heavy atom. The van der Waals surface area contributed by atoms with E-state index in [9.17, 15) is 14.3 Å². The number of aliphatic hydroxyl groups is 1. The van der Waals surface area contributed by atoms with Gasteiger partial charge in [-0.15, -0.1) is 0 Å². The molecule has 2 atom stereocenters. The molecule has 0 spiro atoms. The monoisotopic (exact) mass is 346 g/mol. The molecule has 0 aliphatic carbocycles. The normalized spacial score (nSPS) is 20.2. The number of hydrogen-bond acceptors (Lipinski definition) is 4. The Morgan fingerprint density at radius 3 is 2.68 bits per heavy atom. The van der Waals surface area contributed by atoms with E-state index in [0.717, 1.165) is 22.6 Å². The first-order valence-electron chi connectivity index (χ1n) is 8.72. The summed E-state index contributed by atoms with van der Waals surface area (Å²) in [5.74, 6) is 0.353. The molecule has 2 aromatic rings. The number of aliphatic hydroxyl groups excluding tert-OH is 1. The van der Waals surface area contributed by atoms with Crippen LogP contribution in [0, 0.1) is 5.82 Å². The quantitative estimate of drug-likeness (QED) is 0.904. The van der Waals surface area contributed by atoms with Crippen molar-refractivity contribution in [3.8, 4) is 0 Å². The number of rotatable bonds is 5. The van der Waals surface area contributed by atoms with Crippen LogP contribution < -0.4 is 0 Å². The van der Waals surface area contributed by atoms with E-state index in [0.29, 0.717) is 19.3 Å². The highest BCUT2D eigenvalue weighted by Gasteiger charge is 2.35. The molecule has 1 amide bonds. The van der Waals surface area contributed by atoms with Crippen LogP contribution in [-0.4, -0.2) is 33.7 Å². The van der Waals surface area contributed by atoms with E-state index in [1.165, 1.54) is 12.1 Å². The number of carbonyl (C=O) groups excluding carboxylic acids is 1. The number of aryl methyl sites for hydroxylation is 2. The van der Waals surface area contributed by atoms with Gasteiger partial charge in [-0.05, 0) is 30.5 Å². The number of likely N-dealkylation sites (tertiary alicyclic amines) is 1. The van der Waals surface area contributed by atoms with Crippen molar-refractivity contribution in [2.75, 3.05) is 6.54 Å². The van der Waals surface area contributed by atoms with Gasteiger partial charge in [-0.25, -0.2) is 4.39 Å². The maximum absolute atomic E-state index is 13.2. The van der Waals surface area contributed by atoms with Crippen LogP contribution in [0.1, 0.15) is 48.9 Å². The zero-order valence-corrected chi connectivity index (χ0v) is 14.5. The summed E-state index contributed by atoms with van der Waals surface area (Å²) in [6.07, 6.45) is 1.48. The first-order chi connectivity index (χ1) is 12.0. The third kappa shape index (κ3) is 3.58. The van der Waals surface area contributed by atoms with Crippen molar-refractivity contribution in [2.45, 2.75) is 51.7 Å². The Morgan fingerprint density at radius 1 is 1.32 bits per heavy atom. The van der Waals surface area contributed by atoms with Gasteiger partial charge in [-0.3, -0.25) is 4.79 Å². The van der Waals surface area contributed by atoms with Gasteiger partial charge in [-0.2, -0.15) is 0 Å². The lowest BCUT2D eigenvalue weighted by atomic mass is 10.0. The van der Waals surface area contributed by atoms with Gasteiger partial charge in [0.2, 0.25) is 5.91 Å². The predicted octanol–water partition coefficient (Wildman–Crippen LogP) is 2.82. The lowest BCUT2D eigenvalue weighted by Gasteiger charge is -2.25. The molecular formula is C19H23FN2O3. The fourth-order valence-electron chi connectivity index (χ4n) is 3.48. The van der Waals surface area contributed by atoms with Crippen molar-refractivity contribution in [3.63, 3.8) is 0 Å². The fraction of sp³-hybridized carbons (Fsp3) is 0.474. The largest absolute Gasteiger partial charge is 0.391 e. The molecule has 0 saturated carbocycles. The second-order valence-electron chi connectivity index (χ2n) is 6.42. The number of amides is 1. The van der Waals surface area contributed by atoms with Crippen molar-refractivity contribution in [3.05, 3.63) is 52.7 Å². The van der Waals surface area contributed by atoms with E-state index < -0.39 is 6.10 Å². The van der Waals surface area contributed by atoms with Crippen molar-refractivity contribution in [1.82, 2.24) is 10.1 Å². The summed E-state index contributed by atoms with van der Waals surface area (Å²) >= 11 is 0. The van der Waals surface area contributed by atoms with Crippen LogP contribution in [-0.2, 0) is 24.1 Å². The first-order valence-corrected chi connectivity index (χ1v) is 8.72. The molecule has 1 saturated heterocycles. The summed E-state index contributed by atoms with van der Waals surface area (Å²) < 4.78 is 18.5. The highest BCUT2D eigenvalue weighted by atomic mass is 19.1. The van der Waals surface area contributed by atoms with E-state index in [1.807, 2.05) is 13.8 Å². The Hall–Kier alpha value is -2.21. The minimum Gasteiger partial charge on any atom is -0.391 e. The SMILES string of the molecule is CCc1noc(CC)c1CC(=O)N1C[C@@H](O)C[C@H]1c1ccc(F)cc1. The number of benzene rings is 1. The van der Waals surface area contributed by atoms with Crippen LogP contribution in [0.2, 0.25) is 0 Å². The third-order valence-electron chi connectivity index (χ3n) is 4.79. The Balaban J connectivity index is 1.82. The van der Waals surface area contributed by atoms with Gasteiger partial charge in [0.25, 0.3) is 0 Å². The maximum atomic E-state index is 13.2. The lowest BCUT2D eigenvalue weighted by Crippen LogP contribution is -2.33. The van der Waals surface area contributed by atoms with Crippen molar-refractivity contribution < 1.29 is 18.8 Å². The number of carbonyl (C=O) groups is 1. The average molecular weight is 346 g/mol. The van der Waals surface area contributed by atoms with Crippen LogP contribution in [0.5, 0.6) is 0 Å². The molecule has 25 heavy (non-hydrogen) atoms. The molecular weight excluding hydrogens is 323 g/mol. The number of aromatic nitrogens is 1. The van der Waals surface area contributed by atoms with E-state index in [2.05, 4.69) is 5.16 Å². The zero-order valence-electron chi connectivity index (χ0n) is 14.5. The standard InChI is InChI=1S/C19H23FN2O3/c1-3-16-15(18(4-2)25-21-16)10-19(24)22-11-14(23)9-17(22)12-5-7-13(20)8-6-12/h5-8,14,17,23H,3-4,9-11H2,1-2H3/t14-,17-/m0/s1. The van der Waals surface area contributed by atoms with E-state index in [4.69, 9.17) is 4.52 Å². The highest BCUT2D eigenvalue weighted by molar-refractivity contribution is 5.80. The summed E-state index contributed by atoms with van der Waals surface area (Å²) in [7, 11) is 0. The second kappa shape index (κ2) is 7.35. The number of nitrogens with zero attached hydrogens (tertiary/aromatic N) is 2. The van der Waals surface area contributed by atoms with Gasteiger partial charge in [-0.1, -0.05) is 31.1 Å². The summed E-state index contributed by atoms with van der Waals surface area (Å²) in [6, 6.07) is 5.87. The molecule has 134 valence electrons. The van der Waals surface area contributed by atoms with E-state index in [1.54, 1.807) is 17.0 Å². The number of hydrogen-bond donors (Lipinski definition) is 1. The maximum Gasteiger partial charge on any atom is 0.227 e. The average Bonchev–Trinajstić information content (AvgIpc) is 3.18. The summed E-state index contributed by atoms with van der Waals surface area (Å²) in [4.78, 5) is 14.6. The Kier molecular flexibility index (Phi) is 5.18. The Bertz CT molecular complexity index is 720. The molecule has 1 aromatic heterocycles. The van der Waals surface area contributed by atoms with Crippen LogP contribution in [0.15, 0.2) is 28.8 Å². The number of β-amino-alcohol motifs (C(OH)–C–C–N with tert-alkyl or cyclic N) is 1. The van der Waals surface area contributed by atoms with Gasteiger partial charge >= 0.3 is 0 Å². The second-order valence-corrected chi connectivity index (χ2v) is 6.42. The molecule has 6 heteroatoms. The van der Waals surface area contributed by atoms with Crippen molar-refractivity contribution in [2.24, 2.45) is 0 Å². The van der Waals surface area contributed by atoms with Crippen LogP contribution >= 0.6 is 0 Å². The molecule has 2 heterocycles.